The molecule has 2 unspecified atom stereocenters. The average Bonchev–Trinajstić information content (AvgIpc) is 2.73. The lowest BCUT2D eigenvalue weighted by Gasteiger charge is -2.38. The number of nitrogens with one attached hydrogen (secondary N) is 1. The smallest absolute Gasteiger partial charge is 0.296 e. The van der Waals surface area contributed by atoms with Crippen LogP contribution in [0.4, 0.5) is 11.4 Å². The van der Waals surface area contributed by atoms with Crippen LogP contribution in [0.5, 0.6) is 0 Å². The molecule has 1 fully saturated rings. The van der Waals surface area contributed by atoms with Crippen LogP contribution < -0.4 is 10.2 Å². The number of amides is 1. The number of fused-ring (bicyclic) bond motifs is 1. The first kappa shape index (κ1) is 14.6. The number of rotatable bonds is 2. The first-order chi connectivity index (χ1) is 9.99. The molecule has 5 heteroatoms. The van der Waals surface area contributed by atoms with Crippen LogP contribution in [0.3, 0.4) is 0 Å². The number of hydrogen-bond acceptors (Lipinski definition) is 3. The highest BCUT2D eigenvalue weighted by atomic mass is 79.9. The highest BCUT2D eigenvalue weighted by Gasteiger charge is 2.31. The molecule has 21 heavy (non-hydrogen) atoms. The first-order valence-electron chi connectivity index (χ1n) is 7.41. The summed E-state index contributed by atoms with van der Waals surface area (Å²) < 4.78 is 0.867. The minimum absolute atomic E-state index is 0.453. The Morgan fingerprint density at radius 2 is 1.95 bits per heavy atom. The van der Waals surface area contributed by atoms with Gasteiger partial charge in [-0.25, -0.2) is 0 Å². The maximum atomic E-state index is 11.7. The summed E-state index contributed by atoms with van der Waals surface area (Å²) in [5, 5.41) is 2.65. The molecular weight excluding hydrogens is 332 g/mol. The second-order valence-electron chi connectivity index (χ2n) is 6.07. The third kappa shape index (κ3) is 2.48. The molecular formula is C16H19BrN2O2. The molecule has 1 aromatic carbocycles. The molecule has 3 rings (SSSR count). The van der Waals surface area contributed by atoms with Crippen LogP contribution in [0, 0.1) is 5.92 Å². The van der Waals surface area contributed by atoms with Crippen molar-refractivity contribution in [2.75, 3.05) is 17.3 Å². The molecule has 0 saturated heterocycles. The maximum absolute atomic E-state index is 11.7. The number of anilines is 2. The number of hydrogen-bond donors (Lipinski definition) is 1. The Labute approximate surface area is 133 Å². The van der Waals surface area contributed by atoms with Gasteiger partial charge in [0.2, 0.25) is 0 Å². The summed E-state index contributed by atoms with van der Waals surface area (Å²) in [6, 6.07) is 4.17. The van der Waals surface area contributed by atoms with Crippen LogP contribution in [0.15, 0.2) is 16.6 Å². The summed E-state index contributed by atoms with van der Waals surface area (Å²) >= 11 is 3.55. The van der Waals surface area contributed by atoms with E-state index in [0.29, 0.717) is 23.2 Å². The molecule has 1 aliphatic heterocycles. The van der Waals surface area contributed by atoms with Gasteiger partial charge in [0.15, 0.2) is 0 Å². The minimum Gasteiger partial charge on any atom is -0.370 e. The van der Waals surface area contributed by atoms with Crippen molar-refractivity contribution in [1.29, 1.82) is 0 Å². The molecule has 112 valence electrons. The standard InChI is InChI=1S/C16H19BrN2O2/c1-9-5-3-4-6-13(9)19(2)14-8-12-10(7-11(14)17)15(20)16(21)18-12/h7-9,13H,3-6H2,1-2H3,(H,18,20,21). The fraction of sp³-hybridized carbons (Fsp3) is 0.500. The van der Waals surface area contributed by atoms with E-state index in [9.17, 15) is 9.59 Å². The van der Waals surface area contributed by atoms with E-state index in [1.165, 1.54) is 25.7 Å². The highest BCUT2D eigenvalue weighted by molar-refractivity contribution is 9.10. The van der Waals surface area contributed by atoms with E-state index < -0.39 is 11.7 Å². The van der Waals surface area contributed by atoms with E-state index in [4.69, 9.17) is 0 Å². The molecule has 2 atom stereocenters. The van der Waals surface area contributed by atoms with Gasteiger partial charge in [-0.3, -0.25) is 9.59 Å². The summed E-state index contributed by atoms with van der Waals surface area (Å²) in [4.78, 5) is 25.5. The molecule has 1 aromatic rings. The fourth-order valence-corrected chi connectivity index (χ4v) is 4.10. The van der Waals surface area contributed by atoms with Crippen LogP contribution in [-0.2, 0) is 4.79 Å². The number of halogens is 1. The lowest BCUT2D eigenvalue weighted by atomic mass is 9.85. The van der Waals surface area contributed by atoms with Crippen molar-refractivity contribution >= 4 is 39.0 Å². The van der Waals surface area contributed by atoms with Gasteiger partial charge in [-0.05, 0) is 46.8 Å². The molecule has 1 amide bonds. The average molecular weight is 351 g/mol. The van der Waals surface area contributed by atoms with Gasteiger partial charge in [-0.1, -0.05) is 19.8 Å². The van der Waals surface area contributed by atoms with Crippen LogP contribution in [0.25, 0.3) is 0 Å². The summed E-state index contributed by atoms with van der Waals surface area (Å²) in [7, 11) is 2.09. The highest BCUT2D eigenvalue weighted by Crippen LogP contribution is 2.38. The minimum atomic E-state index is -0.539. The van der Waals surface area contributed by atoms with E-state index in [1.54, 1.807) is 6.07 Å². The van der Waals surface area contributed by atoms with Crippen molar-refractivity contribution in [1.82, 2.24) is 0 Å². The SMILES string of the molecule is CC1CCCCC1N(C)c1cc2c(cc1Br)C(=O)C(=O)N2. The molecule has 0 radical (unpaired) electrons. The predicted molar refractivity (Wildman–Crippen MR) is 86.9 cm³/mol. The van der Waals surface area contributed by atoms with E-state index in [2.05, 4.69) is 40.1 Å². The van der Waals surface area contributed by atoms with E-state index >= 15 is 0 Å². The second-order valence-corrected chi connectivity index (χ2v) is 6.93. The largest absolute Gasteiger partial charge is 0.370 e. The van der Waals surface area contributed by atoms with Crippen molar-refractivity contribution in [3.05, 3.63) is 22.2 Å². The quantitative estimate of drug-likeness (QED) is 0.829. The third-order valence-electron chi connectivity index (χ3n) is 4.73. The Kier molecular flexibility index (Phi) is 3.78. The fourth-order valence-electron chi connectivity index (χ4n) is 3.48. The number of carbonyl (C=O) groups excluding carboxylic acids is 2. The van der Waals surface area contributed by atoms with Gasteiger partial charge in [0, 0.05) is 17.6 Å². The zero-order valence-electron chi connectivity index (χ0n) is 12.3. The number of ketones is 1. The van der Waals surface area contributed by atoms with E-state index in [0.717, 1.165) is 10.2 Å². The molecule has 1 heterocycles. The molecule has 0 spiro atoms. The van der Waals surface area contributed by atoms with Gasteiger partial charge in [0.05, 0.1) is 16.9 Å². The number of Topliss-reactive ketones (excluding diaryl/α,β-unsaturated/α-hetero) is 1. The summed E-state index contributed by atoms with van der Waals surface area (Å²) in [6.45, 7) is 2.30. The van der Waals surface area contributed by atoms with Gasteiger partial charge in [-0.15, -0.1) is 0 Å². The van der Waals surface area contributed by atoms with Crippen molar-refractivity contribution < 1.29 is 9.59 Å². The van der Waals surface area contributed by atoms with Crippen LogP contribution in [-0.4, -0.2) is 24.8 Å². The van der Waals surface area contributed by atoms with Gasteiger partial charge < -0.3 is 10.2 Å². The van der Waals surface area contributed by atoms with Crippen molar-refractivity contribution in [3.8, 4) is 0 Å². The molecule has 0 aromatic heterocycles. The molecule has 4 nitrogen and oxygen atoms in total. The van der Waals surface area contributed by atoms with Crippen LogP contribution >= 0.6 is 15.9 Å². The molecule has 1 N–H and O–H groups in total. The predicted octanol–water partition coefficient (Wildman–Crippen LogP) is 3.60. The Bertz CT molecular complexity index is 615. The molecule has 1 aliphatic carbocycles. The van der Waals surface area contributed by atoms with Gasteiger partial charge in [0.25, 0.3) is 11.7 Å². The third-order valence-corrected chi connectivity index (χ3v) is 5.36. The lowest BCUT2D eigenvalue weighted by Crippen LogP contribution is -2.39. The topological polar surface area (TPSA) is 49.4 Å². The van der Waals surface area contributed by atoms with E-state index in [1.807, 2.05) is 6.07 Å². The van der Waals surface area contributed by atoms with Crippen molar-refractivity contribution in [3.63, 3.8) is 0 Å². The van der Waals surface area contributed by atoms with Gasteiger partial charge in [0.1, 0.15) is 0 Å². The maximum Gasteiger partial charge on any atom is 0.296 e. The summed E-state index contributed by atoms with van der Waals surface area (Å²) in [6.07, 6.45) is 5.01. The first-order valence-corrected chi connectivity index (χ1v) is 8.20. The van der Waals surface area contributed by atoms with Gasteiger partial charge >= 0.3 is 0 Å². The van der Waals surface area contributed by atoms with Crippen molar-refractivity contribution in [2.24, 2.45) is 5.92 Å². The number of carbonyl (C=O) groups is 2. The Morgan fingerprint density at radius 1 is 1.24 bits per heavy atom. The second kappa shape index (κ2) is 5.44. The normalized spacial score (nSPS) is 24.7. The number of benzene rings is 1. The Morgan fingerprint density at radius 3 is 2.67 bits per heavy atom. The Balaban J connectivity index is 1.94. The molecule has 0 bridgehead atoms. The monoisotopic (exact) mass is 350 g/mol. The molecule has 1 saturated carbocycles. The van der Waals surface area contributed by atoms with E-state index in [-0.39, 0.29) is 0 Å². The zero-order chi connectivity index (χ0) is 15.1. The summed E-state index contributed by atoms with van der Waals surface area (Å²) in [5.41, 5.74) is 2.11. The zero-order valence-corrected chi connectivity index (χ0v) is 13.9. The Hall–Kier alpha value is -1.36. The summed E-state index contributed by atoms with van der Waals surface area (Å²) in [5.74, 6) is -0.339. The molecule has 2 aliphatic rings. The van der Waals surface area contributed by atoms with Crippen LogP contribution in [0.2, 0.25) is 0 Å². The van der Waals surface area contributed by atoms with Gasteiger partial charge in [-0.2, -0.15) is 0 Å². The lowest BCUT2D eigenvalue weighted by molar-refractivity contribution is -0.112. The number of nitrogens with zero attached hydrogens (tertiary/aromatic N) is 1. The van der Waals surface area contributed by atoms with Crippen molar-refractivity contribution in [2.45, 2.75) is 38.6 Å². The van der Waals surface area contributed by atoms with Crippen LogP contribution in [0.1, 0.15) is 43.0 Å².